The Labute approximate surface area is 139 Å². The average molecular weight is 300 g/mol. The van der Waals surface area contributed by atoms with E-state index in [4.69, 9.17) is 0 Å². The molecule has 0 saturated carbocycles. The van der Waals surface area contributed by atoms with Crippen molar-refractivity contribution in [3.63, 3.8) is 0 Å². The van der Waals surface area contributed by atoms with Gasteiger partial charge in [-0.15, -0.1) is 0 Å². The first-order chi connectivity index (χ1) is 11.2. The molecule has 0 aliphatic carbocycles. The molecule has 0 bridgehead atoms. The molecule has 0 spiro atoms. The summed E-state index contributed by atoms with van der Waals surface area (Å²) in [6.07, 6.45) is 14.3. The zero-order chi connectivity index (χ0) is 16.7. The summed E-state index contributed by atoms with van der Waals surface area (Å²) < 4.78 is 0. The maximum Gasteiger partial charge on any atom is -0.0146 e. The predicted octanol–water partition coefficient (Wildman–Crippen LogP) is 6.80. The van der Waals surface area contributed by atoms with Crippen LogP contribution in [0.25, 0.3) is 16.3 Å². The summed E-state index contributed by atoms with van der Waals surface area (Å²) in [5.74, 6) is 0. The van der Waals surface area contributed by atoms with Crippen LogP contribution in [0.15, 0.2) is 91.1 Å². The SMILES string of the molecule is C=C/C=C/C(=C(C)\C=C\C=C/C)c1cc2ccccc2cc1C. The third kappa shape index (κ3) is 4.20. The van der Waals surface area contributed by atoms with E-state index in [0.29, 0.717) is 0 Å². The minimum Gasteiger partial charge on any atom is -0.0991 e. The molecule has 0 fully saturated rings. The molecule has 0 unspecified atom stereocenters. The second-order valence-corrected chi connectivity index (χ2v) is 5.59. The third-order valence-corrected chi connectivity index (χ3v) is 3.86. The van der Waals surface area contributed by atoms with Gasteiger partial charge in [0.05, 0.1) is 0 Å². The summed E-state index contributed by atoms with van der Waals surface area (Å²) in [5, 5.41) is 2.55. The van der Waals surface area contributed by atoms with Gasteiger partial charge >= 0.3 is 0 Å². The van der Waals surface area contributed by atoms with E-state index in [9.17, 15) is 0 Å². The van der Waals surface area contributed by atoms with Crippen LogP contribution in [0.4, 0.5) is 0 Å². The van der Waals surface area contributed by atoms with Gasteiger partial charge in [-0.3, -0.25) is 0 Å². The monoisotopic (exact) mass is 300 g/mol. The lowest BCUT2D eigenvalue weighted by atomic mass is 9.93. The molecule has 0 amide bonds. The van der Waals surface area contributed by atoms with Gasteiger partial charge in [0, 0.05) is 0 Å². The Morgan fingerprint density at radius 1 is 0.957 bits per heavy atom. The highest BCUT2D eigenvalue weighted by Gasteiger charge is 2.07. The fourth-order valence-corrected chi connectivity index (χ4v) is 2.64. The van der Waals surface area contributed by atoms with E-state index < -0.39 is 0 Å². The van der Waals surface area contributed by atoms with Crippen LogP contribution in [-0.2, 0) is 0 Å². The molecule has 2 rings (SSSR count). The molecule has 2 aromatic rings. The predicted molar refractivity (Wildman–Crippen MR) is 105 cm³/mol. The average Bonchev–Trinajstić information content (AvgIpc) is 2.55. The number of aryl methyl sites for hydroxylation is 1. The second kappa shape index (κ2) is 8.14. The lowest BCUT2D eigenvalue weighted by molar-refractivity contribution is 1.42. The smallest absolute Gasteiger partial charge is 0.0146 e. The zero-order valence-electron chi connectivity index (χ0n) is 14.2. The molecule has 0 radical (unpaired) electrons. The Balaban J connectivity index is 2.63. The van der Waals surface area contributed by atoms with Crippen molar-refractivity contribution in [1.82, 2.24) is 0 Å². The van der Waals surface area contributed by atoms with E-state index in [1.165, 1.54) is 33.0 Å². The van der Waals surface area contributed by atoms with Crippen LogP contribution in [0, 0.1) is 6.92 Å². The summed E-state index contributed by atoms with van der Waals surface area (Å²) in [5.41, 5.74) is 5.02. The van der Waals surface area contributed by atoms with Gasteiger partial charge < -0.3 is 0 Å². The van der Waals surface area contributed by atoms with Gasteiger partial charge in [-0.05, 0) is 59.9 Å². The molecular weight excluding hydrogens is 276 g/mol. The molecule has 0 saturated heterocycles. The third-order valence-electron chi connectivity index (χ3n) is 3.86. The van der Waals surface area contributed by atoms with Crippen LogP contribution in [-0.4, -0.2) is 0 Å². The van der Waals surface area contributed by atoms with Crippen molar-refractivity contribution in [1.29, 1.82) is 0 Å². The van der Waals surface area contributed by atoms with Gasteiger partial charge in [-0.2, -0.15) is 0 Å². The van der Waals surface area contributed by atoms with E-state index in [0.717, 1.165) is 0 Å². The quantitative estimate of drug-likeness (QED) is 0.533. The first-order valence-corrected chi connectivity index (χ1v) is 7.96. The first kappa shape index (κ1) is 16.8. The fourth-order valence-electron chi connectivity index (χ4n) is 2.64. The van der Waals surface area contributed by atoms with E-state index in [1.54, 1.807) is 0 Å². The summed E-state index contributed by atoms with van der Waals surface area (Å²) in [7, 11) is 0. The van der Waals surface area contributed by atoms with Crippen LogP contribution >= 0.6 is 0 Å². The number of hydrogen-bond acceptors (Lipinski definition) is 0. The molecule has 0 atom stereocenters. The van der Waals surface area contributed by atoms with Crippen LogP contribution < -0.4 is 0 Å². The Bertz CT molecular complexity index is 811. The van der Waals surface area contributed by atoms with Gasteiger partial charge in [0.2, 0.25) is 0 Å². The standard InChI is InChI=1S/C23H24/c1-5-7-9-12-18(3)22(15-8-6-2)23-17-21-14-11-10-13-20(21)16-19(23)4/h5-17H,2H2,1,3-4H3/b7-5-,12-9+,15-8+,22-18+. The van der Waals surface area contributed by atoms with Crippen molar-refractivity contribution in [2.45, 2.75) is 20.8 Å². The van der Waals surface area contributed by atoms with Gasteiger partial charge in [-0.25, -0.2) is 0 Å². The zero-order valence-corrected chi connectivity index (χ0v) is 14.2. The Morgan fingerprint density at radius 3 is 2.30 bits per heavy atom. The molecule has 0 aliphatic rings. The second-order valence-electron chi connectivity index (χ2n) is 5.59. The Kier molecular flexibility index (Phi) is 5.94. The highest BCUT2D eigenvalue weighted by molar-refractivity contribution is 5.90. The molecular formula is C23H24. The Hall–Kier alpha value is -2.60. The highest BCUT2D eigenvalue weighted by atomic mass is 14.1. The highest BCUT2D eigenvalue weighted by Crippen LogP contribution is 2.28. The van der Waals surface area contributed by atoms with E-state index in [-0.39, 0.29) is 0 Å². The largest absolute Gasteiger partial charge is 0.0991 e. The molecule has 0 N–H and O–H groups in total. The number of fused-ring (bicyclic) bond motifs is 1. The topological polar surface area (TPSA) is 0 Å². The number of hydrogen-bond donors (Lipinski definition) is 0. The normalized spacial score (nSPS) is 13.3. The van der Waals surface area contributed by atoms with Crippen molar-refractivity contribution >= 4 is 16.3 Å². The molecule has 0 aliphatic heterocycles. The summed E-state index contributed by atoms with van der Waals surface area (Å²) in [6.45, 7) is 10.1. The summed E-state index contributed by atoms with van der Waals surface area (Å²) in [6, 6.07) is 13.0. The summed E-state index contributed by atoms with van der Waals surface area (Å²) >= 11 is 0. The van der Waals surface area contributed by atoms with Crippen molar-refractivity contribution < 1.29 is 0 Å². The minimum atomic E-state index is 1.23. The van der Waals surface area contributed by atoms with Gasteiger partial charge in [-0.1, -0.05) is 79.4 Å². The number of allylic oxidation sites excluding steroid dienone is 9. The van der Waals surface area contributed by atoms with Gasteiger partial charge in [0.25, 0.3) is 0 Å². The lowest BCUT2D eigenvalue weighted by Crippen LogP contribution is -1.90. The number of rotatable bonds is 5. The molecule has 23 heavy (non-hydrogen) atoms. The van der Waals surface area contributed by atoms with Crippen molar-refractivity contribution in [3.8, 4) is 0 Å². The van der Waals surface area contributed by atoms with Crippen LogP contribution in [0.3, 0.4) is 0 Å². The number of benzene rings is 2. The van der Waals surface area contributed by atoms with Crippen molar-refractivity contribution in [2.24, 2.45) is 0 Å². The maximum atomic E-state index is 3.79. The van der Waals surface area contributed by atoms with Gasteiger partial charge in [0.15, 0.2) is 0 Å². The van der Waals surface area contributed by atoms with Crippen LogP contribution in [0.1, 0.15) is 25.0 Å². The van der Waals surface area contributed by atoms with Gasteiger partial charge in [0.1, 0.15) is 0 Å². The molecule has 0 nitrogen and oxygen atoms in total. The molecule has 0 aromatic heterocycles. The first-order valence-electron chi connectivity index (χ1n) is 7.96. The molecule has 0 heteroatoms. The lowest BCUT2D eigenvalue weighted by Gasteiger charge is -2.12. The Morgan fingerprint density at radius 2 is 1.65 bits per heavy atom. The van der Waals surface area contributed by atoms with Crippen LogP contribution in [0.2, 0.25) is 0 Å². The van der Waals surface area contributed by atoms with Crippen molar-refractivity contribution in [3.05, 3.63) is 102 Å². The minimum absolute atomic E-state index is 1.23. The maximum absolute atomic E-state index is 3.79. The molecule has 116 valence electrons. The van der Waals surface area contributed by atoms with E-state index >= 15 is 0 Å². The molecule has 0 heterocycles. The van der Waals surface area contributed by atoms with Crippen LogP contribution in [0.5, 0.6) is 0 Å². The summed E-state index contributed by atoms with van der Waals surface area (Å²) in [4.78, 5) is 0. The fraction of sp³-hybridized carbons (Fsp3) is 0.130. The molecule has 2 aromatic carbocycles. The van der Waals surface area contributed by atoms with E-state index in [1.807, 2.05) is 31.2 Å². The van der Waals surface area contributed by atoms with E-state index in [2.05, 4.69) is 75.1 Å². The van der Waals surface area contributed by atoms with Crippen molar-refractivity contribution in [2.75, 3.05) is 0 Å².